The third-order valence-corrected chi connectivity index (χ3v) is 4.34. The summed E-state index contributed by atoms with van der Waals surface area (Å²) in [4.78, 5) is 14.8. The number of aromatic nitrogens is 2. The molecule has 6 nitrogen and oxygen atoms in total. The van der Waals surface area contributed by atoms with Gasteiger partial charge in [0.05, 0.1) is 18.0 Å². The number of piperidine rings is 1. The Kier molecular flexibility index (Phi) is 4.69. The van der Waals surface area contributed by atoms with Crippen molar-refractivity contribution in [2.24, 2.45) is 7.05 Å². The molecule has 1 saturated heterocycles. The second-order valence-corrected chi connectivity index (χ2v) is 6.08. The lowest BCUT2D eigenvalue weighted by Crippen LogP contribution is -2.48. The number of hydrogen-bond acceptors (Lipinski definition) is 4. The average molecular weight is 316 g/mol. The zero-order valence-electron chi connectivity index (χ0n) is 13.8. The van der Waals surface area contributed by atoms with Crippen LogP contribution in [0.25, 0.3) is 0 Å². The third-order valence-electron chi connectivity index (χ3n) is 4.34. The van der Waals surface area contributed by atoms with Gasteiger partial charge in [-0.05, 0) is 25.3 Å². The first-order chi connectivity index (χ1) is 11.2. The molecule has 2 aromatic rings. The summed E-state index contributed by atoms with van der Waals surface area (Å²) in [5.41, 5.74) is 0.671. The van der Waals surface area contributed by atoms with Crippen molar-refractivity contribution in [2.45, 2.75) is 38.6 Å². The van der Waals surface area contributed by atoms with E-state index in [-0.39, 0.29) is 11.9 Å². The number of amides is 1. The van der Waals surface area contributed by atoms with Gasteiger partial charge in [-0.15, -0.1) is 0 Å². The molecule has 2 aromatic heterocycles. The minimum Gasteiger partial charge on any atom is -0.469 e. The van der Waals surface area contributed by atoms with E-state index in [9.17, 15) is 4.79 Å². The molecule has 3 rings (SSSR count). The van der Waals surface area contributed by atoms with E-state index in [1.807, 2.05) is 17.8 Å². The first-order valence-electron chi connectivity index (χ1n) is 8.29. The van der Waals surface area contributed by atoms with Crippen LogP contribution in [0.2, 0.25) is 0 Å². The van der Waals surface area contributed by atoms with Crippen molar-refractivity contribution in [3.63, 3.8) is 0 Å². The molecule has 0 saturated carbocycles. The van der Waals surface area contributed by atoms with Gasteiger partial charge in [-0.25, -0.2) is 0 Å². The smallest absolute Gasteiger partial charge is 0.255 e. The summed E-state index contributed by atoms with van der Waals surface area (Å²) >= 11 is 0. The molecule has 0 aromatic carbocycles. The quantitative estimate of drug-likeness (QED) is 0.920. The molecular formula is C17H24N4O2. The Bertz CT molecular complexity index is 661. The van der Waals surface area contributed by atoms with E-state index < -0.39 is 0 Å². The van der Waals surface area contributed by atoms with Crippen molar-refractivity contribution in [3.05, 3.63) is 35.9 Å². The van der Waals surface area contributed by atoms with Crippen LogP contribution in [0.1, 0.15) is 42.3 Å². The monoisotopic (exact) mass is 316 g/mol. The highest BCUT2D eigenvalue weighted by Gasteiger charge is 2.24. The number of carbonyl (C=O) groups excluding carboxylic acids is 1. The second kappa shape index (κ2) is 6.89. The van der Waals surface area contributed by atoms with Crippen LogP contribution in [-0.4, -0.2) is 34.8 Å². The topological polar surface area (TPSA) is 63.3 Å². The highest BCUT2D eigenvalue weighted by molar-refractivity contribution is 5.95. The van der Waals surface area contributed by atoms with E-state index >= 15 is 0 Å². The lowest BCUT2D eigenvalue weighted by atomic mass is 10.0. The van der Waals surface area contributed by atoms with Gasteiger partial charge in [-0.2, -0.15) is 5.10 Å². The van der Waals surface area contributed by atoms with Gasteiger partial charge in [0.2, 0.25) is 0 Å². The zero-order valence-corrected chi connectivity index (χ0v) is 13.8. The van der Waals surface area contributed by atoms with Crippen LogP contribution in [0.3, 0.4) is 0 Å². The van der Waals surface area contributed by atoms with Gasteiger partial charge < -0.3 is 14.6 Å². The molecule has 1 N–H and O–H groups in total. The highest BCUT2D eigenvalue weighted by Crippen LogP contribution is 2.20. The predicted molar refractivity (Wildman–Crippen MR) is 88.6 cm³/mol. The van der Waals surface area contributed by atoms with E-state index in [1.165, 1.54) is 0 Å². The summed E-state index contributed by atoms with van der Waals surface area (Å²) in [6, 6.07) is 3.93. The van der Waals surface area contributed by atoms with E-state index in [0.29, 0.717) is 5.56 Å². The maximum atomic E-state index is 12.5. The minimum absolute atomic E-state index is 0.0287. The van der Waals surface area contributed by atoms with Crippen molar-refractivity contribution in [1.82, 2.24) is 15.1 Å². The second-order valence-electron chi connectivity index (χ2n) is 6.08. The maximum Gasteiger partial charge on any atom is 0.255 e. The third kappa shape index (κ3) is 3.41. The van der Waals surface area contributed by atoms with Crippen molar-refractivity contribution in [3.8, 4) is 0 Å². The number of hydrogen-bond donors (Lipinski definition) is 1. The van der Waals surface area contributed by atoms with Gasteiger partial charge in [-0.3, -0.25) is 9.48 Å². The summed E-state index contributed by atoms with van der Waals surface area (Å²) in [6.07, 6.45) is 7.22. The number of furan rings is 1. The Morgan fingerprint density at radius 3 is 3.09 bits per heavy atom. The standard InChI is InChI=1S/C17H24N4O2/c1-3-5-15-14(8-11-23-15)17(22)19-13-6-4-10-21(12-13)16-7-9-18-20(16)2/h7-9,11,13H,3-6,10,12H2,1-2H3,(H,19,22)/t13-/m0/s1. The number of nitrogens with one attached hydrogen (secondary N) is 1. The minimum atomic E-state index is -0.0287. The molecule has 23 heavy (non-hydrogen) atoms. The molecule has 0 unspecified atom stereocenters. The Balaban J connectivity index is 1.64. The molecule has 6 heteroatoms. The number of nitrogens with zero attached hydrogens (tertiary/aromatic N) is 3. The highest BCUT2D eigenvalue weighted by atomic mass is 16.3. The van der Waals surface area contributed by atoms with E-state index in [1.54, 1.807) is 18.5 Å². The molecule has 0 radical (unpaired) electrons. The van der Waals surface area contributed by atoms with Crippen LogP contribution in [-0.2, 0) is 13.5 Å². The number of anilines is 1. The SMILES string of the molecule is CCCc1occc1C(=O)N[C@H]1CCCN(c2ccnn2C)C1. The summed E-state index contributed by atoms with van der Waals surface area (Å²) < 4.78 is 7.30. The lowest BCUT2D eigenvalue weighted by molar-refractivity contribution is 0.0931. The molecule has 0 spiro atoms. The maximum absolute atomic E-state index is 12.5. The van der Waals surface area contributed by atoms with Crippen LogP contribution in [0.4, 0.5) is 5.82 Å². The van der Waals surface area contributed by atoms with E-state index in [4.69, 9.17) is 4.42 Å². The van der Waals surface area contributed by atoms with E-state index in [0.717, 1.165) is 50.4 Å². The molecule has 0 aliphatic carbocycles. The van der Waals surface area contributed by atoms with Gasteiger partial charge in [0.25, 0.3) is 5.91 Å². The average Bonchev–Trinajstić information content (AvgIpc) is 3.17. The summed E-state index contributed by atoms with van der Waals surface area (Å²) in [6.45, 7) is 3.89. The van der Waals surface area contributed by atoms with Gasteiger partial charge >= 0.3 is 0 Å². The summed E-state index contributed by atoms with van der Waals surface area (Å²) in [7, 11) is 1.94. The Morgan fingerprint density at radius 2 is 2.35 bits per heavy atom. The number of rotatable bonds is 5. The molecule has 1 amide bonds. The number of carbonyl (C=O) groups is 1. The van der Waals surface area contributed by atoms with Crippen LogP contribution in [0.15, 0.2) is 29.0 Å². The summed E-state index contributed by atoms with van der Waals surface area (Å²) in [5.74, 6) is 1.85. The van der Waals surface area contributed by atoms with Crippen molar-refractivity contribution in [2.75, 3.05) is 18.0 Å². The van der Waals surface area contributed by atoms with Crippen molar-refractivity contribution in [1.29, 1.82) is 0 Å². The van der Waals surface area contributed by atoms with Gasteiger partial charge in [0.15, 0.2) is 0 Å². The first kappa shape index (κ1) is 15.6. The Labute approximate surface area is 136 Å². The van der Waals surface area contributed by atoms with E-state index in [2.05, 4.69) is 22.2 Å². The molecule has 1 atom stereocenters. The number of aryl methyl sites for hydroxylation is 2. The molecule has 3 heterocycles. The first-order valence-corrected chi connectivity index (χ1v) is 8.29. The fourth-order valence-corrected chi connectivity index (χ4v) is 3.21. The fourth-order valence-electron chi connectivity index (χ4n) is 3.21. The Morgan fingerprint density at radius 1 is 1.48 bits per heavy atom. The summed E-state index contributed by atoms with van der Waals surface area (Å²) in [5, 5.41) is 7.39. The van der Waals surface area contributed by atoms with Gasteiger partial charge in [-0.1, -0.05) is 6.92 Å². The van der Waals surface area contributed by atoms with Crippen LogP contribution in [0, 0.1) is 0 Å². The van der Waals surface area contributed by atoms with Crippen LogP contribution in [0.5, 0.6) is 0 Å². The largest absolute Gasteiger partial charge is 0.469 e. The fraction of sp³-hybridized carbons (Fsp3) is 0.529. The molecule has 1 aliphatic rings. The van der Waals surface area contributed by atoms with Crippen LogP contribution < -0.4 is 10.2 Å². The molecular weight excluding hydrogens is 292 g/mol. The van der Waals surface area contributed by atoms with Gasteiger partial charge in [0, 0.05) is 38.7 Å². The van der Waals surface area contributed by atoms with Crippen LogP contribution >= 0.6 is 0 Å². The molecule has 1 aliphatic heterocycles. The Hall–Kier alpha value is -2.24. The molecule has 0 bridgehead atoms. The predicted octanol–water partition coefficient (Wildman–Crippen LogP) is 2.36. The zero-order chi connectivity index (χ0) is 16.2. The van der Waals surface area contributed by atoms with Gasteiger partial charge in [0.1, 0.15) is 11.6 Å². The van der Waals surface area contributed by atoms with Crippen molar-refractivity contribution >= 4 is 11.7 Å². The normalized spacial score (nSPS) is 18.2. The molecule has 124 valence electrons. The lowest BCUT2D eigenvalue weighted by Gasteiger charge is -2.34. The molecule has 1 fully saturated rings. The van der Waals surface area contributed by atoms with Crippen molar-refractivity contribution < 1.29 is 9.21 Å².